The van der Waals surface area contributed by atoms with E-state index in [2.05, 4.69) is 11.9 Å². The van der Waals surface area contributed by atoms with Gasteiger partial charge in [-0.2, -0.15) is 0 Å². The lowest BCUT2D eigenvalue weighted by atomic mass is 9.49. The Labute approximate surface area is 126 Å². The lowest BCUT2D eigenvalue weighted by Crippen LogP contribution is -2.57. The molecule has 0 saturated heterocycles. The quantitative estimate of drug-likeness (QED) is 0.761. The number of hydrogen-bond acceptors (Lipinski definition) is 2. The average Bonchev–Trinajstić information content (AvgIpc) is 2.35. The lowest BCUT2D eigenvalue weighted by molar-refractivity contribution is -0.148. The molecule has 0 heterocycles. The Hall–Kier alpha value is -1.32. The van der Waals surface area contributed by atoms with Crippen LogP contribution in [-0.2, 0) is 9.59 Å². The molecule has 0 radical (unpaired) electrons. The fraction of sp³-hybridized carbons (Fsp3) is 0.765. The van der Waals surface area contributed by atoms with Gasteiger partial charge in [-0.25, -0.2) is 0 Å². The Balaban J connectivity index is 1.72. The van der Waals surface area contributed by atoms with E-state index in [1.807, 2.05) is 6.92 Å². The molecule has 0 aromatic carbocycles. The average molecular weight is 290 g/mol. The van der Waals surface area contributed by atoms with Crippen molar-refractivity contribution in [1.29, 1.82) is 0 Å². The van der Waals surface area contributed by atoms with Gasteiger partial charge in [-0.05, 0) is 69.6 Å². The number of nitrogens with one attached hydrogen (secondary N) is 1. The summed E-state index contributed by atoms with van der Waals surface area (Å²) in [7, 11) is 0. The van der Waals surface area contributed by atoms with Crippen molar-refractivity contribution in [3.63, 3.8) is 0 Å². The predicted octanol–water partition coefficient (Wildman–Crippen LogP) is 2.14. The van der Waals surface area contributed by atoms with E-state index in [1.165, 1.54) is 19.3 Å². The van der Waals surface area contributed by atoms with Gasteiger partial charge in [0, 0.05) is 5.41 Å². The maximum atomic E-state index is 12.8. The highest BCUT2D eigenvalue weighted by atomic mass is 16.2. The Morgan fingerprint density at radius 1 is 1.19 bits per heavy atom. The van der Waals surface area contributed by atoms with Crippen LogP contribution >= 0.6 is 0 Å². The van der Waals surface area contributed by atoms with Crippen LogP contribution in [0, 0.1) is 23.2 Å². The van der Waals surface area contributed by atoms with Crippen molar-refractivity contribution in [3.05, 3.63) is 12.2 Å². The number of rotatable bonds is 5. The van der Waals surface area contributed by atoms with Crippen LogP contribution in [0.5, 0.6) is 0 Å². The molecule has 4 aliphatic rings. The summed E-state index contributed by atoms with van der Waals surface area (Å²) in [5.41, 5.74) is 6.07. The Morgan fingerprint density at radius 2 is 1.67 bits per heavy atom. The van der Waals surface area contributed by atoms with Crippen molar-refractivity contribution >= 4 is 11.8 Å². The second-order valence-electron chi connectivity index (χ2n) is 7.79. The number of primary amides is 1. The first-order valence-corrected chi connectivity index (χ1v) is 8.12. The maximum absolute atomic E-state index is 12.8. The summed E-state index contributed by atoms with van der Waals surface area (Å²) < 4.78 is 0. The minimum atomic E-state index is -0.608. The Morgan fingerprint density at radius 3 is 2.05 bits per heavy atom. The van der Waals surface area contributed by atoms with Crippen LogP contribution in [0.15, 0.2) is 12.2 Å². The Kier molecular flexibility index (Phi) is 3.58. The van der Waals surface area contributed by atoms with Crippen molar-refractivity contribution in [2.45, 2.75) is 57.9 Å². The fourth-order valence-corrected chi connectivity index (χ4v) is 5.27. The van der Waals surface area contributed by atoms with Gasteiger partial charge in [0.2, 0.25) is 11.8 Å². The lowest BCUT2D eigenvalue weighted by Gasteiger charge is -2.55. The minimum Gasteiger partial charge on any atom is -0.368 e. The van der Waals surface area contributed by atoms with E-state index < -0.39 is 11.9 Å². The van der Waals surface area contributed by atoms with Crippen molar-refractivity contribution < 1.29 is 9.59 Å². The highest BCUT2D eigenvalue weighted by Gasteiger charge is 2.54. The second-order valence-corrected chi connectivity index (χ2v) is 7.79. The molecule has 2 amide bonds. The zero-order valence-corrected chi connectivity index (χ0v) is 12.9. The number of amides is 2. The van der Waals surface area contributed by atoms with E-state index in [4.69, 9.17) is 5.73 Å². The maximum Gasteiger partial charge on any atom is 0.240 e. The van der Waals surface area contributed by atoms with Gasteiger partial charge in [-0.15, -0.1) is 6.58 Å². The van der Waals surface area contributed by atoms with Gasteiger partial charge < -0.3 is 11.1 Å². The zero-order valence-electron chi connectivity index (χ0n) is 12.9. The highest BCUT2D eigenvalue weighted by molar-refractivity contribution is 5.89. The van der Waals surface area contributed by atoms with Gasteiger partial charge in [0.05, 0.1) is 0 Å². The topological polar surface area (TPSA) is 72.2 Å². The monoisotopic (exact) mass is 290 g/mol. The number of carbonyl (C=O) groups excluding carboxylic acids is 2. The molecular formula is C17H26N2O2. The summed E-state index contributed by atoms with van der Waals surface area (Å²) in [6, 6.07) is -0.608. The molecule has 0 aromatic heterocycles. The van der Waals surface area contributed by atoms with E-state index in [0.717, 1.165) is 42.6 Å². The molecule has 4 fully saturated rings. The van der Waals surface area contributed by atoms with Gasteiger partial charge in [-0.1, -0.05) is 5.57 Å². The summed E-state index contributed by atoms with van der Waals surface area (Å²) >= 11 is 0. The van der Waals surface area contributed by atoms with E-state index in [9.17, 15) is 9.59 Å². The normalized spacial score (nSPS) is 38.0. The standard InChI is InChI=1S/C17H26N2O2/c1-10(2)3-14(15(18)20)19-16(21)17-7-11-4-12(8-17)6-13(5-11)9-17/h11-14H,1,3-9H2,2H3,(H2,18,20)(H,19,21)/t11?,12?,13?,14-,17?/m1/s1. The summed E-state index contributed by atoms with van der Waals surface area (Å²) in [5, 5.41) is 2.93. The van der Waals surface area contributed by atoms with Crippen molar-refractivity contribution in [3.8, 4) is 0 Å². The molecule has 4 aliphatic carbocycles. The van der Waals surface area contributed by atoms with E-state index >= 15 is 0 Å². The van der Waals surface area contributed by atoms with Crippen LogP contribution < -0.4 is 11.1 Å². The smallest absolute Gasteiger partial charge is 0.240 e. The molecule has 0 aromatic rings. The molecule has 4 nitrogen and oxygen atoms in total. The van der Waals surface area contributed by atoms with Crippen LogP contribution in [0.3, 0.4) is 0 Å². The summed E-state index contributed by atoms with van der Waals surface area (Å²) in [6.07, 6.45) is 7.36. The van der Waals surface area contributed by atoms with Gasteiger partial charge in [0.1, 0.15) is 6.04 Å². The molecule has 116 valence electrons. The molecule has 4 bridgehead atoms. The first-order valence-electron chi connectivity index (χ1n) is 8.12. The molecule has 0 unspecified atom stereocenters. The highest BCUT2D eigenvalue weighted by Crippen LogP contribution is 2.60. The second kappa shape index (κ2) is 5.15. The zero-order chi connectivity index (χ0) is 15.2. The van der Waals surface area contributed by atoms with Crippen molar-refractivity contribution in [2.24, 2.45) is 28.9 Å². The van der Waals surface area contributed by atoms with Crippen LogP contribution in [-0.4, -0.2) is 17.9 Å². The summed E-state index contributed by atoms with van der Waals surface area (Å²) in [6.45, 7) is 5.67. The molecule has 1 atom stereocenters. The van der Waals surface area contributed by atoms with Crippen LogP contribution in [0.4, 0.5) is 0 Å². The number of hydrogen-bond donors (Lipinski definition) is 2. The minimum absolute atomic E-state index is 0.0617. The fourth-order valence-electron chi connectivity index (χ4n) is 5.27. The molecular weight excluding hydrogens is 264 g/mol. The number of carbonyl (C=O) groups is 2. The van der Waals surface area contributed by atoms with Crippen LogP contribution in [0.25, 0.3) is 0 Å². The third-order valence-corrected chi connectivity index (χ3v) is 5.72. The van der Waals surface area contributed by atoms with Crippen LogP contribution in [0.1, 0.15) is 51.9 Å². The van der Waals surface area contributed by atoms with E-state index in [0.29, 0.717) is 6.42 Å². The summed E-state index contributed by atoms with van der Waals surface area (Å²) in [5.74, 6) is 1.75. The first-order chi connectivity index (χ1) is 9.88. The van der Waals surface area contributed by atoms with Crippen LogP contribution in [0.2, 0.25) is 0 Å². The Bertz CT molecular complexity index is 448. The molecule has 21 heavy (non-hydrogen) atoms. The molecule has 3 N–H and O–H groups in total. The summed E-state index contributed by atoms with van der Waals surface area (Å²) in [4.78, 5) is 24.4. The van der Waals surface area contributed by atoms with E-state index in [1.54, 1.807) is 0 Å². The van der Waals surface area contributed by atoms with Crippen molar-refractivity contribution in [1.82, 2.24) is 5.32 Å². The van der Waals surface area contributed by atoms with E-state index in [-0.39, 0.29) is 11.3 Å². The first kappa shape index (κ1) is 14.6. The molecule has 4 saturated carbocycles. The largest absolute Gasteiger partial charge is 0.368 e. The van der Waals surface area contributed by atoms with Gasteiger partial charge in [0.25, 0.3) is 0 Å². The van der Waals surface area contributed by atoms with Crippen molar-refractivity contribution in [2.75, 3.05) is 0 Å². The van der Waals surface area contributed by atoms with Gasteiger partial charge in [0.15, 0.2) is 0 Å². The molecule has 4 rings (SSSR count). The molecule has 4 heteroatoms. The molecule has 0 aliphatic heterocycles. The third kappa shape index (κ3) is 2.72. The van der Waals surface area contributed by atoms with Gasteiger partial charge in [-0.3, -0.25) is 9.59 Å². The number of nitrogens with two attached hydrogens (primary N) is 1. The molecule has 0 spiro atoms. The van der Waals surface area contributed by atoms with Gasteiger partial charge >= 0.3 is 0 Å². The SMILES string of the molecule is C=C(C)C[C@@H](NC(=O)C12CC3CC(CC(C3)C1)C2)C(N)=O. The predicted molar refractivity (Wildman–Crippen MR) is 81.2 cm³/mol. The third-order valence-electron chi connectivity index (χ3n) is 5.72.